The summed E-state index contributed by atoms with van der Waals surface area (Å²) in [5.41, 5.74) is -1.31. The summed E-state index contributed by atoms with van der Waals surface area (Å²) < 4.78 is 0. The number of halogens is 1. The highest BCUT2D eigenvalue weighted by molar-refractivity contribution is 6.21. The fraction of sp³-hybridized carbons (Fsp3) is 0.600. The Bertz CT molecular complexity index is 181. The first-order chi connectivity index (χ1) is 4.90. The molecule has 5 nitrogen and oxygen atoms in total. The van der Waals surface area contributed by atoms with E-state index in [-0.39, 0.29) is 0 Å². The van der Waals surface area contributed by atoms with E-state index in [4.69, 9.17) is 16.9 Å². The summed E-state index contributed by atoms with van der Waals surface area (Å²) in [6.45, 7) is 2.70. The van der Waals surface area contributed by atoms with Gasteiger partial charge in [0.05, 0.1) is 0 Å². The fourth-order valence-electron chi connectivity index (χ4n) is 0.361. The van der Waals surface area contributed by atoms with Gasteiger partial charge >= 0.3 is 12.0 Å². The number of amides is 2. The van der Waals surface area contributed by atoms with Crippen molar-refractivity contribution in [3.05, 3.63) is 0 Å². The van der Waals surface area contributed by atoms with E-state index in [1.807, 2.05) is 0 Å². The average Bonchev–Trinajstić information content (AvgIpc) is 1.86. The smallest absolute Gasteiger partial charge is 0.330 e. The molecule has 0 aliphatic heterocycles. The second kappa shape index (κ2) is 3.43. The molecule has 0 fully saturated rings. The lowest BCUT2D eigenvalue weighted by Gasteiger charge is -2.19. The van der Waals surface area contributed by atoms with Crippen LogP contribution in [0.15, 0.2) is 0 Å². The van der Waals surface area contributed by atoms with Crippen LogP contribution in [0.5, 0.6) is 0 Å². The van der Waals surface area contributed by atoms with Crippen LogP contribution in [0.1, 0.15) is 13.8 Å². The first kappa shape index (κ1) is 10.0. The van der Waals surface area contributed by atoms with Crippen LogP contribution >= 0.6 is 11.8 Å². The SMILES string of the molecule is CC(C)(NC(=O)NCl)C(=O)O. The number of carboxylic acids is 1. The molecule has 0 aromatic rings. The predicted molar refractivity (Wildman–Crippen MR) is 39.2 cm³/mol. The van der Waals surface area contributed by atoms with E-state index in [0.29, 0.717) is 0 Å². The number of carbonyl (C=O) groups is 2. The molecule has 0 bridgehead atoms. The summed E-state index contributed by atoms with van der Waals surface area (Å²) in [7, 11) is 0. The Morgan fingerprint density at radius 1 is 1.45 bits per heavy atom. The van der Waals surface area contributed by atoms with Crippen LogP contribution in [-0.4, -0.2) is 22.6 Å². The maximum Gasteiger partial charge on any atom is 0.330 e. The zero-order chi connectivity index (χ0) is 9.07. The van der Waals surface area contributed by atoms with Crippen molar-refractivity contribution < 1.29 is 14.7 Å². The van der Waals surface area contributed by atoms with Crippen molar-refractivity contribution >= 4 is 23.8 Å². The number of hydrogen-bond donors (Lipinski definition) is 3. The van der Waals surface area contributed by atoms with Gasteiger partial charge in [-0.25, -0.2) is 14.4 Å². The van der Waals surface area contributed by atoms with Gasteiger partial charge in [-0.15, -0.1) is 0 Å². The topological polar surface area (TPSA) is 78.4 Å². The summed E-state index contributed by atoms with van der Waals surface area (Å²) >= 11 is 4.91. The van der Waals surface area contributed by atoms with Gasteiger partial charge in [-0.2, -0.15) is 0 Å². The van der Waals surface area contributed by atoms with Gasteiger partial charge in [0.25, 0.3) is 0 Å². The van der Waals surface area contributed by atoms with Crippen LogP contribution in [0.2, 0.25) is 0 Å². The molecular formula is C5H9ClN2O3. The van der Waals surface area contributed by atoms with Gasteiger partial charge in [0.2, 0.25) is 0 Å². The van der Waals surface area contributed by atoms with E-state index >= 15 is 0 Å². The average molecular weight is 181 g/mol. The van der Waals surface area contributed by atoms with Crippen molar-refractivity contribution in [2.24, 2.45) is 0 Å². The van der Waals surface area contributed by atoms with Crippen molar-refractivity contribution in [1.82, 2.24) is 10.2 Å². The fourth-order valence-corrected chi connectivity index (χ4v) is 0.408. The quantitative estimate of drug-likeness (QED) is 0.535. The van der Waals surface area contributed by atoms with E-state index in [1.54, 1.807) is 4.84 Å². The molecule has 0 atom stereocenters. The minimum atomic E-state index is -1.31. The van der Waals surface area contributed by atoms with Crippen molar-refractivity contribution in [1.29, 1.82) is 0 Å². The molecule has 0 aliphatic rings. The lowest BCUT2D eigenvalue weighted by Crippen LogP contribution is -2.51. The van der Waals surface area contributed by atoms with Gasteiger partial charge in [-0.05, 0) is 13.8 Å². The number of nitrogens with one attached hydrogen (secondary N) is 2. The van der Waals surface area contributed by atoms with Gasteiger partial charge in [0.1, 0.15) is 5.54 Å². The molecule has 0 radical (unpaired) electrons. The predicted octanol–water partition coefficient (Wildman–Crippen LogP) is 0.303. The largest absolute Gasteiger partial charge is 0.480 e. The molecule has 0 saturated heterocycles. The Balaban J connectivity index is 4.12. The Hall–Kier alpha value is -0.970. The van der Waals surface area contributed by atoms with Crippen molar-refractivity contribution in [3.63, 3.8) is 0 Å². The molecule has 6 heteroatoms. The van der Waals surface area contributed by atoms with E-state index < -0.39 is 17.5 Å². The number of carbonyl (C=O) groups excluding carboxylic acids is 1. The molecule has 0 saturated carbocycles. The highest BCUT2D eigenvalue weighted by Gasteiger charge is 2.28. The van der Waals surface area contributed by atoms with Crippen molar-refractivity contribution in [2.75, 3.05) is 0 Å². The van der Waals surface area contributed by atoms with Crippen LogP contribution in [-0.2, 0) is 4.79 Å². The Morgan fingerprint density at radius 3 is 2.18 bits per heavy atom. The molecule has 0 unspecified atom stereocenters. The first-order valence-corrected chi connectivity index (χ1v) is 3.20. The standard InChI is InChI=1S/C5H9ClN2O3/c1-5(2,3(9)10)7-4(11)8-6/h1-2H3,(H,9,10)(H2,7,8,11). The van der Waals surface area contributed by atoms with Crippen LogP contribution in [0, 0.1) is 0 Å². The molecule has 0 aromatic carbocycles. The Morgan fingerprint density at radius 2 is 1.91 bits per heavy atom. The van der Waals surface area contributed by atoms with Gasteiger partial charge < -0.3 is 10.4 Å². The number of aliphatic carboxylic acids is 1. The molecule has 0 spiro atoms. The van der Waals surface area contributed by atoms with E-state index in [2.05, 4.69) is 5.32 Å². The van der Waals surface area contributed by atoms with Crippen molar-refractivity contribution in [3.8, 4) is 0 Å². The molecule has 0 aromatic heterocycles. The maximum atomic E-state index is 10.5. The zero-order valence-corrected chi connectivity index (χ0v) is 6.90. The van der Waals surface area contributed by atoms with Crippen molar-refractivity contribution in [2.45, 2.75) is 19.4 Å². The zero-order valence-electron chi connectivity index (χ0n) is 6.14. The van der Waals surface area contributed by atoms with Crippen LogP contribution < -0.4 is 10.2 Å². The van der Waals surface area contributed by atoms with Crippen LogP contribution in [0.3, 0.4) is 0 Å². The molecule has 2 amide bonds. The van der Waals surface area contributed by atoms with E-state index in [0.717, 1.165) is 0 Å². The molecule has 64 valence electrons. The third kappa shape index (κ3) is 3.08. The summed E-state index contributed by atoms with van der Waals surface area (Å²) in [6.07, 6.45) is 0. The minimum Gasteiger partial charge on any atom is -0.480 e. The molecule has 0 rings (SSSR count). The first-order valence-electron chi connectivity index (χ1n) is 2.82. The molecule has 0 heterocycles. The normalized spacial score (nSPS) is 10.5. The molecule has 11 heavy (non-hydrogen) atoms. The molecule has 3 N–H and O–H groups in total. The number of rotatable bonds is 2. The third-order valence-corrected chi connectivity index (χ3v) is 1.22. The second-order valence-electron chi connectivity index (χ2n) is 2.48. The van der Waals surface area contributed by atoms with E-state index in [9.17, 15) is 9.59 Å². The summed E-state index contributed by atoms with van der Waals surface area (Å²) in [5.74, 6) is -1.13. The summed E-state index contributed by atoms with van der Waals surface area (Å²) in [4.78, 5) is 22.6. The second-order valence-corrected chi connectivity index (χ2v) is 2.67. The molecule has 0 aliphatic carbocycles. The van der Waals surface area contributed by atoms with Crippen LogP contribution in [0.4, 0.5) is 4.79 Å². The Labute approximate surface area is 68.8 Å². The number of urea groups is 1. The van der Waals surface area contributed by atoms with Gasteiger partial charge in [-0.3, -0.25) is 0 Å². The number of carboxylic acid groups (broad SMARTS) is 1. The Kier molecular flexibility index (Phi) is 3.13. The third-order valence-electron chi connectivity index (χ3n) is 1.05. The van der Waals surface area contributed by atoms with Gasteiger partial charge in [-0.1, -0.05) is 0 Å². The van der Waals surface area contributed by atoms with E-state index in [1.165, 1.54) is 13.8 Å². The van der Waals surface area contributed by atoms with Gasteiger partial charge in [0.15, 0.2) is 0 Å². The maximum absolute atomic E-state index is 10.5. The van der Waals surface area contributed by atoms with Gasteiger partial charge in [0, 0.05) is 11.8 Å². The summed E-state index contributed by atoms with van der Waals surface area (Å²) in [5, 5.41) is 10.6. The monoisotopic (exact) mass is 180 g/mol. The molecular weight excluding hydrogens is 172 g/mol. The summed E-state index contributed by atoms with van der Waals surface area (Å²) in [6, 6.07) is -0.737. The lowest BCUT2D eigenvalue weighted by molar-refractivity contribution is -0.142. The highest BCUT2D eigenvalue weighted by Crippen LogP contribution is 2.00. The number of hydrogen-bond acceptors (Lipinski definition) is 2. The lowest BCUT2D eigenvalue weighted by atomic mass is 10.1. The minimum absolute atomic E-state index is 0.737. The van der Waals surface area contributed by atoms with Crippen LogP contribution in [0.25, 0.3) is 0 Å². The highest BCUT2D eigenvalue weighted by atomic mass is 35.5.